The molecule has 2 aliphatic rings. The summed E-state index contributed by atoms with van der Waals surface area (Å²) in [6.45, 7) is 6.22. The van der Waals surface area contributed by atoms with Crippen molar-refractivity contribution in [2.24, 2.45) is 5.92 Å². The lowest BCUT2D eigenvalue weighted by Crippen LogP contribution is -2.32. The SMILES string of the molecule is Cc1ccc(C(O)CN(CC2CC2)C2CC2)c(C)c1. The van der Waals surface area contributed by atoms with Gasteiger partial charge in [0.1, 0.15) is 0 Å². The van der Waals surface area contributed by atoms with Crippen LogP contribution in [0.4, 0.5) is 0 Å². The molecule has 2 saturated carbocycles. The average molecular weight is 259 g/mol. The van der Waals surface area contributed by atoms with E-state index in [1.165, 1.54) is 43.4 Å². The third-order valence-corrected chi connectivity index (χ3v) is 4.44. The second-order valence-electron chi connectivity index (χ2n) is 6.50. The van der Waals surface area contributed by atoms with E-state index in [0.29, 0.717) is 0 Å². The molecule has 2 fully saturated rings. The third-order valence-electron chi connectivity index (χ3n) is 4.44. The molecule has 0 radical (unpaired) electrons. The molecule has 0 aliphatic heterocycles. The lowest BCUT2D eigenvalue weighted by atomic mass is 10.0. The number of hydrogen-bond acceptors (Lipinski definition) is 2. The Labute approximate surface area is 116 Å². The van der Waals surface area contributed by atoms with E-state index in [-0.39, 0.29) is 6.10 Å². The molecule has 1 aromatic rings. The van der Waals surface area contributed by atoms with Gasteiger partial charge >= 0.3 is 0 Å². The molecule has 1 atom stereocenters. The normalized spacial score (nSPS) is 20.8. The van der Waals surface area contributed by atoms with Gasteiger partial charge in [0.15, 0.2) is 0 Å². The van der Waals surface area contributed by atoms with Crippen molar-refractivity contribution in [1.29, 1.82) is 0 Å². The van der Waals surface area contributed by atoms with Crippen LogP contribution in [-0.4, -0.2) is 29.1 Å². The predicted octanol–water partition coefficient (Wildman–Crippen LogP) is 3.21. The summed E-state index contributed by atoms with van der Waals surface area (Å²) in [4.78, 5) is 2.53. The van der Waals surface area contributed by atoms with E-state index >= 15 is 0 Å². The topological polar surface area (TPSA) is 23.5 Å². The van der Waals surface area contributed by atoms with Crippen LogP contribution in [0.5, 0.6) is 0 Å². The summed E-state index contributed by atoms with van der Waals surface area (Å²) in [6.07, 6.45) is 5.10. The van der Waals surface area contributed by atoms with E-state index in [9.17, 15) is 5.11 Å². The summed E-state index contributed by atoms with van der Waals surface area (Å²) in [7, 11) is 0. The molecule has 2 heteroatoms. The molecule has 2 aliphatic carbocycles. The summed E-state index contributed by atoms with van der Waals surface area (Å²) in [5.41, 5.74) is 3.59. The highest BCUT2D eigenvalue weighted by Crippen LogP contribution is 2.36. The Bertz CT molecular complexity index is 449. The second kappa shape index (κ2) is 5.26. The molecule has 2 nitrogen and oxygen atoms in total. The zero-order valence-electron chi connectivity index (χ0n) is 12.1. The number of aryl methyl sites for hydroxylation is 2. The zero-order chi connectivity index (χ0) is 13.4. The minimum absolute atomic E-state index is 0.333. The van der Waals surface area contributed by atoms with Crippen molar-refractivity contribution >= 4 is 0 Å². The Morgan fingerprint density at radius 1 is 1.21 bits per heavy atom. The number of benzene rings is 1. The van der Waals surface area contributed by atoms with Gasteiger partial charge < -0.3 is 5.11 Å². The van der Waals surface area contributed by atoms with Crippen molar-refractivity contribution in [2.45, 2.75) is 51.7 Å². The van der Waals surface area contributed by atoms with Gasteiger partial charge in [-0.15, -0.1) is 0 Å². The fourth-order valence-corrected chi connectivity index (χ4v) is 2.96. The Morgan fingerprint density at radius 2 is 1.95 bits per heavy atom. The smallest absolute Gasteiger partial charge is 0.0919 e. The molecule has 0 bridgehead atoms. The molecule has 0 saturated heterocycles. The van der Waals surface area contributed by atoms with Crippen molar-refractivity contribution in [3.63, 3.8) is 0 Å². The standard InChI is InChI=1S/C17H25NO/c1-12-3-8-16(13(2)9-12)17(19)11-18(15-6-7-15)10-14-4-5-14/h3,8-9,14-15,17,19H,4-7,10-11H2,1-2H3. The maximum atomic E-state index is 10.5. The first kappa shape index (κ1) is 13.1. The van der Waals surface area contributed by atoms with Crippen LogP contribution < -0.4 is 0 Å². The van der Waals surface area contributed by atoms with E-state index in [1.807, 2.05) is 0 Å². The van der Waals surface area contributed by atoms with Gasteiger partial charge in [-0.2, -0.15) is 0 Å². The molecule has 3 rings (SSSR count). The summed E-state index contributed by atoms with van der Waals surface area (Å²) in [5.74, 6) is 0.909. The number of rotatable bonds is 6. The average Bonchev–Trinajstić information content (AvgIpc) is 3.22. The minimum Gasteiger partial charge on any atom is -0.387 e. The maximum Gasteiger partial charge on any atom is 0.0919 e. The zero-order valence-corrected chi connectivity index (χ0v) is 12.1. The molecule has 1 N–H and O–H groups in total. The Hall–Kier alpha value is -0.860. The first-order valence-corrected chi connectivity index (χ1v) is 7.63. The molecule has 1 unspecified atom stereocenters. The highest BCUT2D eigenvalue weighted by molar-refractivity contribution is 5.32. The molecular formula is C17H25NO. The Morgan fingerprint density at radius 3 is 2.53 bits per heavy atom. The summed E-state index contributed by atoms with van der Waals surface area (Å²) in [5, 5.41) is 10.5. The van der Waals surface area contributed by atoms with E-state index < -0.39 is 0 Å². The van der Waals surface area contributed by atoms with Gasteiger partial charge in [-0.25, -0.2) is 0 Å². The van der Waals surface area contributed by atoms with Crippen LogP contribution >= 0.6 is 0 Å². The van der Waals surface area contributed by atoms with Crippen molar-refractivity contribution in [3.8, 4) is 0 Å². The fourth-order valence-electron chi connectivity index (χ4n) is 2.96. The summed E-state index contributed by atoms with van der Waals surface area (Å²) >= 11 is 0. The largest absolute Gasteiger partial charge is 0.387 e. The fraction of sp³-hybridized carbons (Fsp3) is 0.647. The van der Waals surface area contributed by atoms with Crippen LogP contribution in [-0.2, 0) is 0 Å². The third kappa shape index (κ3) is 3.37. The summed E-state index contributed by atoms with van der Waals surface area (Å²) < 4.78 is 0. The van der Waals surface area contributed by atoms with Crippen LogP contribution in [0.25, 0.3) is 0 Å². The molecule has 104 valence electrons. The molecule has 0 amide bonds. The van der Waals surface area contributed by atoms with Gasteiger partial charge in [-0.3, -0.25) is 4.90 Å². The van der Waals surface area contributed by atoms with E-state index in [1.54, 1.807) is 0 Å². The van der Waals surface area contributed by atoms with Crippen molar-refractivity contribution < 1.29 is 5.11 Å². The molecule has 0 aromatic heterocycles. The number of aliphatic hydroxyl groups is 1. The number of hydrogen-bond donors (Lipinski definition) is 1. The van der Waals surface area contributed by atoms with Crippen LogP contribution in [0.1, 0.15) is 48.5 Å². The monoisotopic (exact) mass is 259 g/mol. The van der Waals surface area contributed by atoms with Crippen molar-refractivity contribution in [1.82, 2.24) is 4.90 Å². The van der Waals surface area contributed by atoms with Gasteiger partial charge in [-0.1, -0.05) is 23.8 Å². The second-order valence-corrected chi connectivity index (χ2v) is 6.50. The quantitative estimate of drug-likeness (QED) is 0.848. The van der Waals surface area contributed by atoms with E-state index in [0.717, 1.165) is 24.1 Å². The van der Waals surface area contributed by atoms with Crippen molar-refractivity contribution in [3.05, 3.63) is 34.9 Å². The van der Waals surface area contributed by atoms with E-state index in [4.69, 9.17) is 0 Å². The van der Waals surface area contributed by atoms with Gasteiger partial charge in [0.25, 0.3) is 0 Å². The summed E-state index contributed by atoms with van der Waals surface area (Å²) in [6, 6.07) is 7.12. The number of aliphatic hydroxyl groups excluding tert-OH is 1. The molecular weight excluding hydrogens is 234 g/mol. The van der Waals surface area contributed by atoms with Crippen LogP contribution in [0, 0.1) is 19.8 Å². The van der Waals surface area contributed by atoms with Crippen LogP contribution in [0.3, 0.4) is 0 Å². The van der Waals surface area contributed by atoms with Gasteiger partial charge in [0.2, 0.25) is 0 Å². The van der Waals surface area contributed by atoms with Gasteiger partial charge in [0, 0.05) is 19.1 Å². The maximum absolute atomic E-state index is 10.5. The van der Waals surface area contributed by atoms with Gasteiger partial charge in [-0.05, 0) is 56.6 Å². The first-order valence-electron chi connectivity index (χ1n) is 7.63. The Kier molecular flexibility index (Phi) is 3.64. The lowest BCUT2D eigenvalue weighted by molar-refractivity contribution is 0.105. The van der Waals surface area contributed by atoms with Crippen LogP contribution in [0.15, 0.2) is 18.2 Å². The predicted molar refractivity (Wildman–Crippen MR) is 78.2 cm³/mol. The lowest BCUT2D eigenvalue weighted by Gasteiger charge is -2.26. The highest BCUT2D eigenvalue weighted by atomic mass is 16.3. The Balaban J connectivity index is 1.66. The van der Waals surface area contributed by atoms with Crippen LogP contribution in [0.2, 0.25) is 0 Å². The molecule has 0 spiro atoms. The van der Waals surface area contributed by atoms with Crippen molar-refractivity contribution in [2.75, 3.05) is 13.1 Å². The van der Waals surface area contributed by atoms with E-state index in [2.05, 4.69) is 36.9 Å². The molecule has 0 heterocycles. The number of nitrogens with zero attached hydrogens (tertiary/aromatic N) is 1. The first-order chi connectivity index (χ1) is 9.13. The van der Waals surface area contributed by atoms with Gasteiger partial charge in [0.05, 0.1) is 6.10 Å². The minimum atomic E-state index is -0.333. The molecule has 1 aromatic carbocycles. The molecule has 19 heavy (non-hydrogen) atoms. The highest BCUT2D eigenvalue weighted by Gasteiger charge is 2.34.